The van der Waals surface area contributed by atoms with Crippen LogP contribution in [0.2, 0.25) is 0 Å². The molecule has 6 rings (SSSR count). The molecule has 4 aromatic rings. The maximum Gasteiger partial charge on any atom is 0.278 e. The second kappa shape index (κ2) is 7.16. The Morgan fingerprint density at radius 3 is 2.76 bits per heavy atom. The van der Waals surface area contributed by atoms with Gasteiger partial charge in [-0.25, -0.2) is 14.3 Å². The van der Waals surface area contributed by atoms with E-state index in [1.54, 1.807) is 12.4 Å². The van der Waals surface area contributed by atoms with Crippen LogP contribution in [0.25, 0.3) is 16.7 Å². The van der Waals surface area contributed by atoms with Gasteiger partial charge in [0.1, 0.15) is 5.39 Å². The molecule has 0 atom stereocenters. The van der Waals surface area contributed by atoms with Crippen molar-refractivity contribution in [3.05, 3.63) is 64.3 Å². The number of fused-ring (bicyclic) bond motifs is 2. The quantitative estimate of drug-likeness (QED) is 0.490. The molecule has 0 bridgehead atoms. The van der Waals surface area contributed by atoms with E-state index in [-0.39, 0.29) is 17.0 Å². The first-order valence-corrected chi connectivity index (χ1v) is 11.5. The van der Waals surface area contributed by atoms with Crippen molar-refractivity contribution in [1.82, 2.24) is 24.3 Å². The minimum Gasteiger partial charge on any atom is -0.384 e. The van der Waals surface area contributed by atoms with Crippen LogP contribution in [0.4, 0.5) is 17.3 Å². The Hall–Kier alpha value is -3.68. The summed E-state index contributed by atoms with van der Waals surface area (Å²) in [6, 6.07) is 10.4. The number of anilines is 3. The van der Waals surface area contributed by atoms with Crippen LogP contribution in [-0.4, -0.2) is 30.9 Å². The molecule has 4 heterocycles. The standard InChI is InChI=1S/C25H27N7O/c1-25(2,3)21-13-18(9-11-27-21)31-22-19(23(33)32(31)17-6-7-17)14-28-24(30-22)29-16-5-4-15-8-10-26-20(15)12-16/h4-5,9,11-14,17,26H,6-8,10H2,1-3H3,(H,28,29,30). The molecule has 0 amide bonds. The lowest BCUT2D eigenvalue weighted by Crippen LogP contribution is -2.22. The molecule has 8 nitrogen and oxygen atoms in total. The molecule has 1 fully saturated rings. The molecule has 2 N–H and O–H groups in total. The fraction of sp³-hybridized carbons (Fsp3) is 0.360. The summed E-state index contributed by atoms with van der Waals surface area (Å²) in [4.78, 5) is 27.1. The molecule has 1 aliphatic carbocycles. The van der Waals surface area contributed by atoms with Crippen LogP contribution in [0.5, 0.6) is 0 Å². The smallest absolute Gasteiger partial charge is 0.278 e. The lowest BCUT2D eigenvalue weighted by atomic mass is 9.91. The van der Waals surface area contributed by atoms with Crippen molar-refractivity contribution < 1.29 is 0 Å². The number of nitrogens with zero attached hydrogens (tertiary/aromatic N) is 5. The van der Waals surface area contributed by atoms with Crippen molar-refractivity contribution in [1.29, 1.82) is 0 Å². The second-order valence-electron chi connectivity index (χ2n) is 9.95. The number of aromatic nitrogens is 5. The van der Waals surface area contributed by atoms with E-state index in [1.165, 1.54) is 5.56 Å². The van der Waals surface area contributed by atoms with Gasteiger partial charge in [0.15, 0.2) is 5.65 Å². The lowest BCUT2D eigenvalue weighted by Gasteiger charge is -2.19. The van der Waals surface area contributed by atoms with Crippen molar-refractivity contribution >= 4 is 28.4 Å². The van der Waals surface area contributed by atoms with Gasteiger partial charge in [0, 0.05) is 41.4 Å². The van der Waals surface area contributed by atoms with Crippen molar-refractivity contribution in [2.75, 3.05) is 17.2 Å². The topological polar surface area (TPSA) is 89.7 Å². The summed E-state index contributed by atoms with van der Waals surface area (Å²) < 4.78 is 3.79. The van der Waals surface area contributed by atoms with Gasteiger partial charge in [-0.1, -0.05) is 26.8 Å². The Morgan fingerprint density at radius 1 is 1.12 bits per heavy atom. The van der Waals surface area contributed by atoms with Gasteiger partial charge in [-0.05, 0) is 49.1 Å². The SMILES string of the molecule is CC(C)(C)c1cc(-n2c3nc(Nc4ccc5c(c4)NCC5)ncc3c(=O)n2C2CC2)ccn1. The summed E-state index contributed by atoms with van der Waals surface area (Å²) >= 11 is 0. The molecule has 0 saturated heterocycles. The van der Waals surface area contributed by atoms with Crippen LogP contribution in [0.3, 0.4) is 0 Å². The third kappa shape index (κ3) is 3.46. The molecule has 0 radical (unpaired) electrons. The summed E-state index contributed by atoms with van der Waals surface area (Å²) in [5, 5.41) is 7.24. The van der Waals surface area contributed by atoms with Crippen LogP contribution in [0, 0.1) is 0 Å². The predicted molar refractivity (Wildman–Crippen MR) is 130 cm³/mol. The Kier molecular flexibility index (Phi) is 4.33. The van der Waals surface area contributed by atoms with Crippen molar-refractivity contribution in [2.45, 2.75) is 51.5 Å². The van der Waals surface area contributed by atoms with Gasteiger partial charge in [0.2, 0.25) is 5.95 Å². The number of hydrogen-bond acceptors (Lipinski definition) is 6. The minimum atomic E-state index is -0.104. The highest BCUT2D eigenvalue weighted by Crippen LogP contribution is 2.36. The monoisotopic (exact) mass is 441 g/mol. The van der Waals surface area contributed by atoms with Crippen molar-refractivity contribution in [3.63, 3.8) is 0 Å². The Labute approximate surface area is 191 Å². The average molecular weight is 442 g/mol. The molecule has 1 aliphatic heterocycles. The van der Waals surface area contributed by atoms with Gasteiger partial charge in [0.25, 0.3) is 5.56 Å². The van der Waals surface area contributed by atoms with Gasteiger partial charge in [-0.2, -0.15) is 4.98 Å². The normalized spacial score (nSPS) is 15.5. The highest BCUT2D eigenvalue weighted by Gasteiger charge is 2.31. The van der Waals surface area contributed by atoms with E-state index in [1.807, 2.05) is 21.5 Å². The first-order valence-electron chi connectivity index (χ1n) is 11.5. The second-order valence-corrected chi connectivity index (χ2v) is 9.95. The van der Waals surface area contributed by atoms with Gasteiger partial charge in [0.05, 0.1) is 11.7 Å². The van der Waals surface area contributed by atoms with Crippen molar-refractivity contribution in [2.24, 2.45) is 0 Å². The molecule has 1 aromatic carbocycles. The highest BCUT2D eigenvalue weighted by atomic mass is 16.1. The van der Waals surface area contributed by atoms with E-state index in [0.29, 0.717) is 17.0 Å². The van der Waals surface area contributed by atoms with Crippen molar-refractivity contribution in [3.8, 4) is 5.69 Å². The average Bonchev–Trinajstić information content (AvgIpc) is 3.45. The summed E-state index contributed by atoms with van der Waals surface area (Å²) in [6.07, 6.45) is 6.48. The van der Waals surface area contributed by atoms with E-state index < -0.39 is 0 Å². The van der Waals surface area contributed by atoms with Crippen LogP contribution < -0.4 is 16.2 Å². The zero-order chi connectivity index (χ0) is 22.7. The van der Waals surface area contributed by atoms with E-state index in [4.69, 9.17) is 4.98 Å². The molecule has 1 saturated carbocycles. The van der Waals surface area contributed by atoms with E-state index in [2.05, 4.69) is 59.6 Å². The van der Waals surface area contributed by atoms with Gasteiger partial charge in [-0.3, -0.25) is 9.78 Å². The van der Waals surface area contributed by atoms with Crippen LogP contribution >= 0.6 is 0 Å². The number of rotatable bonds is 4. The van der Waals surface area contributed by atoms with Crippen LogP contribution in [0.1, 0.15) is 50.9 Å². The molecule has 168 valence electrons. The van der Waals surface area contributed by atoms with Gasteiger partial charge < -0.3 is 10.6 Å². The lowest BCUT2D eigenvalue weighted by molar-refractivity contribution is 0.549. The third-order valence-electron chi connectivity index (χ3n) is 6.35. The van der Waals surface area contributed by atoms with Gasteiger partial charge >= 0.3 is 0 Å². The molecule has 0 unspecified atom stereocenters. The van der Waals surface area contributed by atoms with Crippen LogP contribution in [0.15, 0.2) is 47.5 Å². The Balaban J connectivity index is 1.48. The minimum absolute atomic E-state index is 0.0464. The molecule has 0 spiro atoms. The molecular weight excluding hydrogens is 414 g/mol. The third-order valence-corrected chi connectivity index (χ3v) is 6.35. The van der Waals surface area contributed by atoms with E-state index >= 15 is 0 Å². The number of benzene rings is 1. The fourth-order valence-electron chi connectivity index (χ4n) is 4.42. The Morgan fingerprint density at radius 2 is 1.97 bits per heavy atom. The maximum atomic E-state index is 13.3. The summed E-state index contributed by atoms with van der Waals surface area (Å²) in [7, 11) is 0. The summed E-state index contributed by atoms with van der Waals surface area (Å²) in [6.45, 7) is 7.37. The molecular formula is C25H27N7O. The van der Waals surface area contributed by atoms with Gasteiger partial charge in [-0.15, -0.1) is 0 Å². The van der Waals surface area contributed by atoms with E-state index in [9.17, 15) is 4.79 Å². The number of pyridine rings is 1. The van der Waals surface area contributed by atoms with E-state index in [0.717, 1.165) is 48.6 Å². The molecule has 33 heavy (non-hydrogen) atoms. The highest BCUT2D eigenvalue weighted by molar-refractivity contribution is 5.77. The first-order chi connectivity index (χ1) is 15.9. The largest absolute Gasteiger partial charge is 0.384 e. The fourth-order valence-corrected chi connectivity index (χ4v) is 4.42. The molecule has 2 aliphatic rings. The predicted octanol–water partition coefficient (Wildman–Crippen LogP) is 4.32. The number of nitrogens with one attached hydrogen (secondary N) is 2. The number of hydrogen-bond donors (Lipinski definition) is 2. The molecule has 8 heteroatoms. The maximum absolute atomic E-state index is 13.3. The molecule has 3 aromatic heterocycles. The first kappa shape index (κ1) is 20.0. The summed E-state index contributed by atoms with van der Waals surface area (Å²) in [5.74, 6) is 0.465. The van der Waals surface area contributed by atoms with Crippen LogP contribution in [-0.2, 0) is 11.8 Å². The zero-order valence-corrected chi connectivity index (χ0v) is 19.1. The zero-order valence-electron chi connectivity index (χ0n) is 19.1. The Bertz CT molecular complexity index is 1440. The summed E-state index contributed by atoms with van der Waals surface area (Å²) in [5.41, 5.74) is 5.69.